The van der Waals surface area contributed by atoms with E-state index in [1.54, 1.807) is 26.1 Å². The van der Waals surface area contributed by atoms with E-state index in [9.17, 15) is 4.79 Å². The van der Waals surface area contributed by atoms with Crippen LogP contribution in [0.2, 0.25) is 0 Å². The Kier molecular flexibility index (Phi) is 4.88. The van der Waals surface area contributed by atoms with Gasteiger partial charge >= 0.3 is 6.03 Å². The summed E-state index contributed by atoms with van der Waals surface area (Å²) < 4.78 is 5.17. The van der Waals surface area contributed by atoms with E-state index in [2.05, 4.69) is 9.88 Å². The maximum Gasteiger partial charge on any atom is 0.319 e. The van der Waals surface area contributed by atoms with Crippen molar-refractivity contribution >= 4 is 11.8 Å². The van der Waals surface area contributed by atoms with Gasteiger partial charge in [-0.05, 0) is 18.9 Å². The molecule has 0 aliphatic carbocycles. The first-order valence-corrected chi connectivity index (χ1v) is 7.23. The van der Waals surface area contributed by atoms with Crippen molar-refractivity contribution < 1.29 is 9.53 Å². The van der Waals surface area contributed by atoms with E-state index < -0.39 is 0 Å². The topological polar surface area (TPSA) is 48.9 Å². The fourth-order valence-electron chi connectivity index (χ4n) is 2.65. The Balaban J connectivity index is 1.95. The first-order valence-electron chi connectivity index (χ1n) is 7.23. The van der Waals surface area contributed by atoms with E-state index in [0.717, 1.165) is 31.7 Å². The summed E-state index contributed by atoms with van der Waals surface area (Å²) in [5.41, 5.74) is 0. The van der Waals surface area contributed by atoms with Crippen LogP contribution in [0.1, 0.15) is 12.8 Å². The average Bonchev–Trinajstić information content (AvgIpc) is 2.53. The quantitative estimate of drug-likeness (QED) is 0.850. The molecule has 1 fully saturated rings. The summed E-state index contributed by atoms with van der Waals surface area (Å²) in [5.74, 6) is 1.57. The Hall–Kier alpha value is -1.98. The highest BCUT2D eigenvalue weighted by Gasteiger charge is 2.26. The lowest BCUT2D eigenvalue weighted by Crippen LogP contribution is -2.48. The van der Waals surface area contributed by atoms with Gasteiger partial charge in [0.1, 0.15) is 5.82 Å². The number of ether oxygens (including phenoxy) is 1. The molecule has 2 amide bonds. The second kappa shape index (κ2) is 6.65. The summed E-state index contributed by atoms with van der Waals surface area (Å²) >= 11 is 0. The molecule has 2 heterocycles. The number of hydrogen-bond donors (Lipinski definition) is 0. The molecule has 0 unspecified atom stereocenters. The van der Waals surface area contributed by atoms with Crippen molar-refractivity contribution in [1.82, 2.24) is 14.8 Å². The molecule has 1 aromatic heterocycles. The van der Waals surface area contributed by atoms with E-state index in [1.807, 2.05) is 30.1 Å². The highest BCUT2D eigenvalue weighted by Crippen LogP contribution is 2.22. The molecule has 1 aliphatic heterocycles. The van der Waals surface area contributed by atoms with Crippen LogP contribution in [0.5, 0.6) is 5.88 Å². The standard InChI is InChI=1S/C15H24N4O2/c1-17(2)15(20)18(3)12-8-10-19(11-9-12)13-6-5-7-14(16-13)21-4/h5-7,12H,8-11H2,1-4H3. The van der Waals surface area contributed by atoms with E-state index in [0.29, 0.717) is 11.9 Å². The molecule has 0 radical (unpaired) electrons. The molecule has 6 heteroatoms. The zero-order valence-electron chi connectivity index (χ0n) is 13.2. The zero-order valence-corrected chi connectivity index (χ0v) is 13.2. The van der Waals surface area contributed by atoms with Gasteiger partial charge in [-0.25, -0.2) is 4.79 Å². The summed E-state index contributed by atoms with van der Waals surface area (Å²) in [6.07, 6.45) is 1.91. The molecular weight excluding hydrogens is 268 g/mol. The number of pyridine rings is 1. The molecule has 6 nitrogen and oxygen atoms in total. The number of carbonyl (C=O) groups excluding carboxylic acids is 1. The zero-order chi connectivity index (χ0) is 15.4. The van der Waals surface area contributed by atoms with Crippen LogP contribution in [0.15, 0.2) is 18.2 Å². The second-order valence-electron chi connectivity index (χ2n) is 5.54. The molecule has 0 bridgehead atoms. The smallest absolute Gasteiger partial charge is 0.319 e. The Bertz CT molecular complexity index is 484. The average molecular weight is 292 g/mol. The third-order valence-corrected chi connectivity index (χ3v) is 3.94. The Labute approximate surface area is 126 Å². The van der Waals surface area contributed by atoms with Crippen LogP contribution in [0.3, 0.4) is 0 Å². The Morgan fingerprint density at radius 1 is 1.29 bits per heavy atom. The lowest BCUT2D eigenvalue weighted by Gasteiger charge is -2.38. The van der Waals surface area contributed by atoms with E-state index in [1.165, 1.54) is 0 Å². The highest BCUT2D eigenvalue weighted by molar-refractivity contribution is 5.73. The third kappa shape index (κ3) is 3.56. The summed E-state index contributed by atoms with van der Waals surface area (Å²) in [5, 5.41) is 0. The molecule has 1 aromatic rings. The van der Waals surface area contributed by atoms with Crippen molar-refractivity contribution in [3.8, 4) is 5.88 Å². The first kappa shape index (κ1) is 15.4. The maximum absolute atomic E-state index is 12.0. The second-order valence-corrected chi connectivity index (χ2v) is 5.54. The van der Waals surface area contributed by atoms with Crippen LogP contribution >= 0.6 is 0 Å². The van der Waals surface area contributed by atoms with Crippen LogP contribution in [0, 0.1) is 0 Å². The summed E-state index contributed by atoms with van der Waals surface area (Å²) in [6, 6.07) is 6.15. The Morgan fingerprint density at radius 2 is 1.95 bits per heavy atom. The molecule has 0 spiro atoms. The summed E-state index contributed by atoms with van der Waals surface area (Å²) in [7, 11) is 7.08. The lowest BCUT2D eigenvalue weighted by atomic mass is 10.0. The van der Waals surface area contributed by atoms with Crippen molar-refractivity contribution in [2.75, 3.05) is 46.2 Å². The number of methoxy groups -OCH3 is 1. The van der Waals surface area contributed by atoms with Crippen molar-refractivity contribution in [3.05, 3.63) is 18.2 Å². The number of anilines is 1. The monoisotopic (exact) mass is 292 g/mol. The fraction of sp³-hybridized carbons (Fsp3) is 0.600. The van der Waals surface area contributed by atoms with Crippen LogP contribution in [0.4, 0.5) is 10.6 Å². The van der Waals surface area contributed by atoms with Crippen molar-refractivity contribution in [1.29, 1.82) is 0 Å². The van der Waals surface area contributed by atoms with Gasteiger partial charge in [-0.1, -0.05) is 6.07 Å². The van der Waals surface area contributed by atoms with Gasteiger partial charge < -0.3 is 19.4 Å². The van der Waals surface area contributed by atoms with Crippen LogP contribution < -0.4 is 9.64 Å². The molecule has 116 valence electrons. The van der Waals surface area contributed by atoms with Gasteiger partial charge in [0.15, 0.2) is 0 Å². The summed E-state index contributed by atoms with van der Waals surface area (Å²) in [4.78, 5) is 22.2. The molecule has 1 saturated heterocycles. The molecule has 0 N–H and O–H groups in total. The molecule has 1 aliphatic rings. The number of amides is 2. The summed E-state index contributed by atoms with van der Waals surface area (Å²) in [6.45, 7) is 1.80. The van der Waals surface area contributed by atoms with Crippen molar-refractivity contribution in [2.45, 2.75) is 18.9 Å². The van der Waals surface area contributed by atoms with E-state index in [4.69, 9.17) is 4.74 Å². The lowest BCUT2D eigenvalue weighted by molar-refractivity contribution is 0.155. The fourth-order valence-corrected chi connectivity index (χ4v) is 2.65. The highest BCUT2D eigenvalue weighted by atomic mass is 16.5. The number of aromatic nitrogens is 1. The predicted molar refractivity (Wildman–Crippen MR) is 82.9 cm³/mol. The van der Waals surface area contributed by atoms with Gasteiger partial charge in [-0.3, -0.25) is 0 Å². The number of hydrogen-bond acceptors (Lipinski definition) is 4. The Morgan fingerprint density at radius 3 is 2.52 bits per heavy atom. The normalized spacial score (nSPS) is 15.7. The van der Waals surface area contributed by atoms with Gasteiger partial charge in [0.25, 0.3) is 0 Å². The number of carbonyl (C=O) groups is 1. The van der Waals surface area contributed by atoms with Gasteiger partial charge in [0.2, 0.25) is 5.88 Å². The van der Waals surface area contributed by atoms with Crippen LogP contribution in [-0.2, 0) is 0 Å². The van der Waals surface area contributed by atoms with E-state index in [-0.39, 0.29) is 6.03 Å². The largest absolute Gasteiger partial charge is 0.481 e. The molecule has 0 atom stereocenters. The minimum atomic E-state index is 0.0629. The van der Waals surface area contributed by atoms with Crippen LogP contribution in [-0.4, -0.2) is 68.2 Å². The van der Waals surface area contributed by atoms with E-state index >= 15 is 0 Å². The number of piperidine rings is 1. The SMILES string of the molecule is COc1cccc(N2CCC(N(C)C(=O)N(C)C)CC2)n1. The number of rotatable bonds is 3. The van der Waals surface area contributed by atoms with Crippen molar-refractivity contribution in [3.63, 3.8) is 0 Å². The molecular formula is C15H24N4O2. The van der Waals surface area contributed by atoms with Crippen molar-refractivity contribution in [2.24, 2.45) is 0 Å². The maximum atomic E-state index is 12.0. The van der Waals surface area contributed by atoms with Gasteiger partial charge in [-0.2, -0.15) is 4.98 Å². The third-order valence-electron chi connectivity index (χ3n) is 3.94. The molecule has 21 heavy (non-hydrogen) atoms. The van der Waals surface area contributed by atoms with Gasteiger partial charge in [0.05, 0.1) is 7.11 Å². The molecule has 0 saturated carbocycles. The van der Waals surface area contributed by atoms with Gasteiger partial charge in [0, 0.05) is 46.3 Å². The van der Waals surface area contributed by atoms with Gasteiger partial charge in [-0.15, -0.1) is 0 Å². The first-order chi connectivity index (χ1) is 10.0. The number of urea groups is 1. The van der Waals surface area contributed by atoms with Crippen LogP contribution in [0.25, 0.3) is 0 Å². The molecule has 0 aromatic carbocycles. The minimum absolute atomic E-state index is 0.0629. The minimum Gasteiger partial charge on any atom is -0.481 e. The number of nitrogens with zero attached hydrogens (tertiary/aromatic N) is 4. The molecule has 2 rings (SSSR count). The predicted octanol–water partition coefficient (Wildman–Crippen LogP) is 1.67.